The van der Waals surface area contributed by atoms with Crippen LogP contribution in [0.4, 0.5) is 10.2 Å². The predicted molar refractivity (Wildman–Crippen MR) is 100 cm³/mol. The summed E-state index contributed by atoms with van der Waals surface area (Å²) >= 11 is 1.93. The lowest BCUT2D eigenvalue weighted by Crippen LogP contribution is -2.34. The number of hydrogen-bond acceptors (Lipinski definition) is 5. The SMILES string of the molecule is Fc1ccccc1-c1nnc(-c2ccccc2)c(N2CCSCC2)n1. The van der Waals surface area contributed by atoms with Gasteiger partial charge >= 0.3 is 0 Å². The number of anilines is 1. The summed E-state index contributed by atoms with van der Waals surface area (Å²) in [6, 6.07) is 16.4. The van der Waals surface area contributed by atoms with E-state index in [0.29, 0.717) is 11.4 Å². The van der Waals surface area contributed by atoms with E-state index in [4.69, 9.17) is 4.98 Å². The van der Waals surface area contributed by atoms with Crippen molar-refractivity contribution in [3.8, 4) is 22.6 Å². The van der Waals surface area contributed by atoms with Gasteiger partial charge in [-0.15, -0.1) is 10.2 Å². The second kappa shape index (κ2) is 7.19. The summed E-state index contributed by atoms with van der Waals surface area (Å²) in [5.74, 6) is 2.86. The van der Waals surface area contributed by atoms with E-state index in [1.54, 1.807) is 18.2 Å². The van der Waals surface area contributed by atoms with Crippen molar-refractivity contribution in [1.82, 2.24) is 15.2 Å². The average Bonchev–Trinajstić information content (AvgIpc) is 2.69. The zero-order valence-corrected chi connectivity index (χ0v) is 14.4. The molecule has 0 aliphatic carbocycles. The van der Waals surface area contributed by atoms with E-state index in [2.05, 4.69) is 15.1 Å². The standard InChI is InChI=1S/C19H17FN4S/c20-16-9-5-4-8-15(16)18-21-19(24-10-12-25-13-11-24)17(22-23-18)14-6-2-1-3-7-14/h1-9H,10-13H2. The van der Waals surface area contributed by atoms with Crippen molar-refractivity contribution in [3.63, 3.8) is 0 Å². The minimum atomic E-state index is -0.336. The third-order valence-electron chi connectivity index (χ3n) is 4.14. The molecule has 0 spiro atoms. The largest absolute Gasteiger partial charge is 0.353 e. The van der Waals surface area contributed by atoms with Crippen molar-refractivity contribution >= 4 is 17.6 Å². The number of hydrogen-bond donors (Lipinski definition) is 0. The average molecular weight is 352 g/mol. The predicted octanol–water partition coefficient (Wildman–Crippen LogP) is 3.90. The van der Waals surface area contributed by atoms with Crippen LogP contribution in [0.25, 0.3) is 22.6 Å². The number of thioether (sulfide) groups is 1. The van der Waals surface area contributed by atoms with E-state index in [-0.39, 0.29) is 5.82 Å². The lowest BCUT2D eigenvalue weighted by molar-refractivity contribution is 0.629. The van der Waals surface area contributed by atoms with Crippen LogP contribution in [-0.4, -0.2) is 39.8 Å². The molecule has 2 heterocycles. The second-order valence-electron chi connectivity index (χ2n) is 5.75. The maximum Gasteiger partial charge on any atom is 0.186 e. The summed E-state index contributed by atoms with van der Waals surface area (Å²) in [5.41, 5.74) is 2.09. The molecule has 0 bridgehead atoms. The summed E-state index contributed by atoms with van der Waals surface area (Å²) in [6.45, 7) is 1.81. The summed E-state index contributed by atoms with van der Waals surface area (Å²) in [7, 11) is 0. The molecule has 4 rings (SSSR count). The molecule has 1 aromatic heterocycles. The summed E-state index contributed by atoms with van der Waals surface area (Å²) in [4.78, 5) is 6.93. The van der Waals surface area contributed by atoms with Crippen molar-refractivity contribution < 1.29 is 4.39 Å². The first-order valence-electron chi connectivity index (χ1n) is 8.20. The van der Waals surface area contributed by atoms with Crippen LogP contribution in [0.3, 0.4) is 0 Å². The molecular weight excluding hydrogens is 335 g/mol. The third kappa shape index (κ3) is 3.35. The van der Waals surface area contributed by atoms with Gasteiger partial charge in [-0.3, -0.25) is 0 Å². The highest BCUT2D eigenvalue weighted by Gasteiger charge is 2.21. The highest BCUT2D eigenvalue weighted by molar-refractivity contribution is 7.99. The Labute approximate surface area is 150 Å². The molecule has 126 valence electrons. The highest BCUT2D eigenvalue weighted by Crippen LogP contribution is 2.30. The molecule has 0 atom stereocenters. The van der Waals surface area contributed by atoms with Gasteiger partial charge in [0.2, 0.25) is 0 Å². The Bertz CT molecular complexity index is 866. The van der Waals surface area contributed by atoms with Gasteiger partial charge in [0.15, 0.2) is 11.6 Å². The molecule has 2 aromatic carbocycles. The van der Waals surface area contributed by atoms with Gasteiger partial charge in [-0.2, -0.15) is 11.8 Å². The highest BCUT2D eigenvalue weighted by atomic mass is 32.2. The Kier molecular flexibility index (Phi) is 4.61. The molecular formula is C19H17FN4S. The van der Waals surface area contributed by atoms with Crippen LogP contribution in [0, 0.1) is 5.82 Å². The Morgan fingerprint density at radius 3 is 2.36 bits per heavy atom. The Hall–Kier alpha value is -2.47. The van der Waals surface area contributed by atoms with Crippen LogP contribution < -0.4 is 4.90 Å². The monoisotopic (exact) mass is 352 g/mol. The molecule has 6 heteroatoms. The minimum absolute atomic E-state index is 0.325. The van der Waals surface area contributed by atoms with Crippen LogP contribution >= 0.6 is 11.8 Å². The van der Waals surface area contributed by atoms with Crippen molar-refractivity contribution in [2.75, 3.05) is 29.5 Å². The molecule has 0 radical (unpaired) electrons. The van der Waals surface area contributed by atoms with Gasteiger partial charge in [-0.25, -0.2) is 9.37 Å². The molecule has 1 aliphatic rings. The van der Waals surface area contributed by atoms with Crippen molar-refractivity contribution in [1.29, 1.82) is 0 Å². The molecule has 0 saturated carbocycles. The molecule has 0 N–H and O–H groups in total. The molecule has 1 aliphatic heterocycles. The van der Waals surface area contributed by atoms with Crippen molar-refractivity contribution in [3.05, 3.63) is 60.4 Å². The van der Waals surface area contributed by atoms with E-state index < -0.39 is 0 Å². The zero-order chi connectivity index (χ0) is 17.1. The summed E-state index contributed by atoms with van der Waals surface area (Å²) in [6.07, 6.45) is 0. The topological polar surface area (TPSA) is 41.9 Å². The molecule has 0 amide bonds. The van der Waals surface area contributed by atoms with E-state index in [0.717, 1.165) is 41.7 Å². The first-order chi connectivity index (χ1) is 12.3. The maximum absolute atomic E-state index is 14.1. The van der Waals surface area contributed by atoms with Gasteiger partial charge in [-0.05, 0) is 12.1 Å². The maximum atomic E-state index is 14.1. The molecule has 3 aromatic rings. The number of halogens is 1. The van der Waals surface area contributed by atoms with Crippen LogP contribution in [0.1, 0.15) is 0 Å². The molecule has 1 saturated heterocycles. The third-order valence-corrected chi connectivity index (χ3v) is 5.08. The zero-order valence-electron chi connectivity index (χ0n) is 13.6. The molecule has 0 unspecified atom stereocenters. The van der Waals surface area contributed by atoms with Gasteiger partial charge in [0.1, 0.15) is 11.5 Å². The fraction of sp³-hybridized carbons (Fsp3) is 0.211. The number of nitrogens with zero attached hydrogens (tertiary/aromatic N) is 4. The smallest absolute Gasteiger partial charge is 0.186 e. The van der Waals surface area contributed by atoms with Gasteiger partial charge in [-0.1, -0.05) is 42.5 Å². The lowest BCUT2D eigenvalue weighted by Gasteiger charge is -2.28. The van der Waals surface area contributed by atoms with Gasteiger partial charge in [0.05, 0.1) is 5.56 Å². The van der Waals surface area contributed by atoms with E-state index in [9.17, 15) is 4.39 Å². The van der Waals surface area contributed by atoms with E-state index in [1.807, 2.05) is 42.1 Å². The quantitative estimate of drug-likeness (QED) is 0.715. The van der Waals surface area contributed by atoms with Gasteiger partial charge in [0, 0.05) is 30.2 Å². The number of aromatic nitrogens is 3. The van der Waals surface area contributed by atoms with Crippen molar-refractivity contribution in [2.45, 2.75) is 0 Å². The minimum Gasteiger partial charge on any atom is -0.353 e. The number of rotatable bonds is 3. The second-order valence-corrected chi connectivity index (χ2v) is 6.98. The van der Waals surface area contributed by atoms with Crippen LogP contribution in [0.5, 0.6) is 0 Å². The normalized spacial score (nSPS) is 14.5. The first kappa shape index (κ1) is 16.0. The first-order valence-corrected chi connectivity index (χ1v) is 9.36. The number of benzene rings is 2. The van der Waals surface area contributed by atoms with Gasteiger partial charge < -0.3 is 4.90 Å². The van der Waals surface area contributed by atoms with Gasteiger partial charge in [0.25, 0.3) is 0 Å². The Balaban J connectivity index is 1.84. The van der Waals surface area contributed by atoms with Crippen LogP contribution in [0.2, 0.25) is 0 Å². The fourth-order valence-corrected chi connectivity index (χ4v) is 3.76. The van der Waals surface area contributed by atoms with E-state index in [1.165, 1.54) is 6.07 Å². The van der Waals surface area contributed by atoms with Crippen LogP contribution in [0.15, 0.2) is 54.6 Å². The molecule has 25 heavy (non-hydrogen) atoms. The summed E-state index contributed by atoms with van der Waals surface area (Å²) in [5, 5.41) is 8.62. The molecule has 4 nitrogen and oxygen atoms in total. The van der Waals surface area contributed by atoms with Crippen LogP contribution in [-0.2, 0) is 0 Å². The van der Waals surface area contributed by atoms with Crippen molar-refractivity contribution in [2.24, 2.45) is 0 Å². The Morgan fingerprint density at radius 2 is 1.60 bits per heavy atom. The lowest BCUT2D eigenvalue weighted by atomic mass is 10.1. The Morgan fingerprint density at radius 1 is 0.880 bits per heavy atom. The fourth-order valence-electron chi connectivity index (χ4n) is 2.85. The van der Waals surface area contributed by atoms with E-state index >= 15 is 0 Å². The molecule has 1 fully saturated rings. The summed E-state index contributed by atoms with van der Waals surface area (Å²) < 4.78 is 14.1.